The van der Waals surface area contributed by atoms with Crippen molar-refractivity contribution in [3.8, 4) is 0 Å². The molecule has 3 aromatic rings. The summed E-state index contributed by atoms with van der Waals surface area (Å²) in [5.41, 5.74) is 1.79. The normalized spacial score (nSPS) is 16.6. The highest BCUT2D eigenvalue weighted by atomic mass is 19.1. The van der Waals surface area contributed by atoms with Crippen molar-refractivity contribution in [2.75, 3.05) is 13.1 Å². The molecule has 4 rings (SSSR count). The number of nitrogens with zero attached hydrogens (tertiary/aromatic N) is 4. The number of halogens is 1. The Bertz CT molecular complexity index is 1000. The van der Waals surface area contributed by atoms with Gasteiger partial charge in [0.2, 0.25) is 0 Å². The molecule has 2 aromatic carbocycles. The minimum Gasteiger partial charge on any atom is -0.336 e. The van der Waals surface area contributed by atoms with Crippen molar-refractivity contribution >= 4 is 11.7 Å². The Morgan fingerprint density at radius 3 is 2.59 bits per heavy atom. The Hall–Kier alpha value is -3.35. The van der Waals surface area contributed by atoms with Crippen molar-refractivity contribution in [1.29, 1.82) is 0 Å². The first kappa shape index (κ1) is 19.0. The van der Waals surface area contributed by atoms with Crippen LogP contribution in [0.3, 0.4) is 0 Å². The van der Waals surface area contributed by atoms with E-state index in [-0.39, 0.29) is 29.1 Å². The van der Waals surface area contributed by atoms with Crippen molar-refractivity contribution in [2.45, 2.75) is 19.4 Å². The second-order valence-corrected chi connectivity index (χ2v) is 7.25. The highest BCUT2D eigenvalue weighted by Crippen LogP contribution is 2.22. The second-order valence-electron chi connectivity index (χ2n) is 7.25. The molecular formula is C22H21FN4O2. The molecule has 1 aliphatic heterocycles. The standard InChI is InChI=1S/C22H21FN4O2/c23-19-10-8-16(9-11-19)13-27-15-20(24-25-27)22(29)26-12-4-7-18(14-26)21(28)17-5-2-1-3-6-17/h1-3,5-6,8-11,15,18H,4,7,12-14H2/t18-/m1/s1. The van der Waals surface area contributed by atoms with Crippen LogP contribution in [0.2, 0.25) is 0 Å². The fourth-order valence-electron chi connectivity index (χ4n) is 3.63. The summed E-state index contributed by atoms with van der Waals surface area (Å²) in [5.74, 6) is -0.652. The van der Waals surface area contributed by atoms with Crippen LogP contribution >= 0.6 is 0 Å². The van der Waals surface area contributed by atoms with Gasteiger partial charge in [-0.15, -0.1) is 5.10 Å². The average Bonchev–Trinajstić information content (AvgIpc) is 3.23. The first-order valence-corrected chi connectivity index (χ1v) is 9.63. The van der Waals surface area contributed by atoms with Crippen molar-refractivity contribution in [1.82, 2.24) is 19.9 Å². The van der Waals surface area contributed by atoms with Gasteiger partial charge in [-0.25, -0.2) is 9.07 Å². The van der Waals surface area contributed by atoms with Gasteiger partial charge in [-0.05, 0) is 30.5 Å². The Balaban J connectivity index is 1.42. The molecule has 0 spiro atoms. The maximum absolute atomic E-state index is 13.0. The van der Waals surface area contributed by atoms with Gasteiger partial charge in [0.1, 0.15) is 5.82 Å². The molecule has 0 bridgehead atoms. The molecule has 1 aliphatic rings. The summed E-state index contributed by atoms with van der Waals surface area (Å²) in [6.07, 6.45) is 3.14. The van der Waals surface area contributed by atoms with Gasteiger partial charge in [0, 0.05) is 24.6 Å². The zero-order valence-electron chi connectivity index (χ0n) is 15.9. The largest absolute Gasteiger partial charge is 0.336 e. The highest BCUT2D eigenvalue weighted by Gasteiger charge is 2.30. The number of ketones is 1. The van der Waals surface area contributed by atoms with E-state index in [1.807, 2.05) is 30.3 Å². The zero-order chi connectivity index (χ0) is 20.2. The van der Waals surface area contributed by atoms with E-state index >= 15 is 0 Å². The lowest BCUT2D eigenvalue weighted by Crippen LogP contribution is -2.42. The van der Waals surface area contributed by atoms with Crippen molar-refractivity contribution in [3.05, 3.63) is 83.4 Å². The van der Waals surface area contributed by atoms with Crippen LogP contribution in [0.4, 0.5) is 4.39 Å². The van der Waals surface area contributed by atoms with Crippen LogP contribution in [0.25, 0.3) is 0 Å². The SMILES string of the molecule is O=C(c1ccccc1)[C@@H]1CCCN(C(=O)c2cn(Cc3ccc(F)cc3)nn2)C1. The minimum atomic E-state index is -0.298. The number of Topliss-reactive ketones (excluding diaryl/α,β-unsaturated/α-hetero) is 1. The molecule has 29 heavy (non-hydrogen) atoms. The van der Waals surface area contributed by atoms with Gasteiger partial charge in [-0.3, -0.25) is 9.59 Å². The Labute approximate surface area is 168 Å². The summed E-state index contributed by atoms with van der Waals surface area (Å²) < 4.78 is 14.6. The summed E-state index contributed by atoms with van der Waals surface area (Å²) in [4.78, 5) is 27.3. The molecule has 148 valence electrons. The molecule has 0 unspecified atom stereocenters. The molecule has 0 radical (unpaired) electrons. The van der Waals surface area contributed by atoms with Gasteiger partial charge in [-0.2, -0.15) is 0 Å². The molecule has 1 aromatic heterocycles. The number of rotatable bonds is 5. The summed E-state index contributed by atoms with van der Waals surface area (Å²) >= 11 is 0. The summed E-state index contributed by atoms with van der Waals surface area (Å²) in [6, 6.07) is 15.3. The van der Waals surface area contributed by atoms with Gasteiger partial charge >= 0.3 is 0 Å². The first-order chi connectivity index (χ1) is 14.1. The predicted octanol–water partition coefficient (Wildman–Crippen LogP) is 3.20. The quantitative estimate of drug-likeness (QED) is 0.626. The zero-order valence-corrected chi connectivity index (χ0v) is 15.9. The summed E-state index contributed by atoms with van der Waals surface area (Å²) in [7, 11) is 0. The number of carbonyl (C=O) groups is 2. The topological polar surface area (TPSA) is 68.1 Å². The minimum absolute atomic E-state index is 0.0723. The molecule has 6 nitrogen and oxygen atoms in total. The lowest BCUT2D eigenvalue weighted by Gasteiger charge is -2.31. The molecule has 0 aliphatic carbocycles. The molecule has 1 saturated heterocycles. The molecular weight excluding hydrogens is 371 g/mol. The highest BCUT2D eigenvalue weighted by molar-refractivity contribution is 5.99. The first-order valence-electron chi connectivity index (χ1n) is 9.63. The Morgan fingerprint density at radius 1 is 1.07 bits per heavy atom. The fraction of sp³-hybridized carbons (Fsp3) is 0.273. The van der Waals surface area contributed by atoms with Crippen molar-refractivity contribution < 1.29 is 14.0 Å². The van der Waals surface area contributed by atoms with Crippen molar-refractivity contribution in [2.24, 2.45) is 5.92 Å². The van der Waals surface area contributed by atoms with Crippen LogP contribution < -0.4 is 0 Å². The molecule has 1 amide bonds. The maximum Gasteiger partial charge on any atom is 0.276 e. The molecule has 0 N–H and O–H groups in total. The van der Waals surface area contributed by atoms with Crippen LogP contribution in [-0.2, 0) is 6.54 Å². The Kier molecular flexibility index (Phi) is 5.46. The lowest BCUT2D eigenvalue weighted by atomic mass is 9.90. The van der Waals surface area contributed by atoms with Gasteiger partial charge in [0.25, 0.3) is 5.91 Å². The molecule has 7 heteroatoms. The molecule has 0 saturated carbocycles. The third-order valence-corrected chi connectivity index (χ3v) is 5.15. The van der Waals surface area contributed by atoms with E-state index in [2.05, 4.69) is 10.3 Å². The fourth-order valence-corrected chi connectivity index (χ4v) is 3.63. The second kappa shape index (κ2) is 8.34. The van der Waals surface area contributed by atoms with Crippen LogP contribution in [0.1, 0.15) is 39.3 Å². The monoisotopic (exact) mass is 392 g/mol. The molecule has 1 atom stereocenters. The van der Waals surface area contributed by atoms with E-state index in [1.54, 1.807) is 27.9 Å². The number of benzene rings is 2. The number of hydrogen-bond donors (Lipinski definition) is 0. The van der Waals surface area contributed by atoms with Crippen LogP contribution in [-0.4, -0.2) is 44.7 Å². The van der Waals surface area contributed by atoms with E-state index in [9.17, 15) is 14.0 Å². The van der Waals surface area contributed by atoms with Crippen LogP contribution in [0.5, 0.6) is 0 Å². The average molecular weight is 392 g/mol. The summed E-state index contributed by atoms with van der Waals surface area (Å²) in [6.45, 7) is 1.38. The number of piperidine rings is 1. The maximum atomic E-state index is 13.0. The predicted molar refractivity (Wildman–Crippen MR) is 105 cm³/mol. The number of carbonyl (C=O) groups excluding carboxylic acids is 2. The van der Waals surface area contributed by atoms with E-state index in [0.29, 0.717) is 25.2 Å². The molecule has 2 heterocycles. The van der Waals surface area contributed by atoms with Gasteiger partial charge < -0.3 is 4.90 Å². The van der Waals surface area contributed by atoms with Crippen LogP contribution in [0, 0.1) is 11.7 Å². The van der Waals surface area contributed by atoms with Crippen LogP contribution in [0.15, 0.2) is 60.8 Å². The number of aromatic nitrogens is 3. The third-order valence-electron chi connectivity index (χ3n) is 5.15. The van der Waals surface area contributed by atoms with E-state index in [1.165, 1.54) is 12.1 Å². The van der Waals surface area contributed by atoms with E-state index < -0.39 is 0 Å². The lowest BCUT2D eigenvalue weighted by molar-refractivity contribution is 0.0632. The number of hydrogen-bond acceptors (Lipinski definition) is 4. The van der Waals surface area contributed by atoms with E-state index in [0.717, 1.165) is 18.4 Å². The molecule has 1 fully saturated rings. The third kappa shape index (κ3) is 4.39. The van der Waals surface area contributed by atoms with Gasteiger partial charge in [0.15, 0.2) is 11.5 Å². The number of likely N-dealkylation sites (tertiary alicyclic amines) is 1. The van der Waals surface area contributed by atoms with Crippen molar-refractivity contribution in [3.63, 3.8) is 0 Å². The summed E-state index contributed by atoms with van der Waals surface area (Å²) in [5, 5.41) is 8.01. The van der Waals surface area contributed by atoms with E-state index in [4.69, 9.17) is 0 Å². The Morgan fingerprint density at radius 2 is 1.83 bits per heavy atom. The smallest absolute Gasteiger partial charge is 0.276 e. The van der Waals surface area contributed by atoms with Gasteiger partial charge in [-0.1, -0.05) is 47.7 Å². The van der Waals surface area contributed by atoms with Gasteiger partial charge in [0.05, 0.1) is 12.7 Å². The number of amides is 1.